The summed E-state index contributed by atoms with van der Waals surface area (Å²) in [6.45, 7) is 4.41. The van der Waals surface area contributed by atoms with Gasteiger partial charge in [-0.05, 0) is 13.8 Å². The summed E-state index contributed by atoms with van der Waals surface area (Å²) < 4.78 is 4.93. The van der Waals surface area contributed by atoms with Gasteiger partial charge in [0.2, 0.25) is 0 Å². The summed E-state index contributed by atoms with van der Waals surface area (Å²) in [4.78, 5) is 8.15. The predicted molar refractivity (Wildman–Crippen MR) is 66.8 cm³/mol. The number of aliphatic hydroxyl groups is 1. The highest BCUT2D eigenvalue weighted by atomic mass is 16.5. The molecular formula is C11H20N4O2. The van der Waals surface area contributed by atoms with Crippen LogP contribution in [0.2, 0.25) is 0 Å². The zero-order chi connectivity index (χ0) is 12.9. The highest BCUT2D eigenvalue weighted by Crippen LogP contribution is 2.13. The first-order chi connectivity index (χ1) is 7.93. The first-order valence-corrected chi connectivity index (χ1v) is 5.49. The number of nitrogens with one attached hydrogen (secondary N) is 1. The third kappa shape index (κ3) is 4.97. The first kappa shape index (κ1) is 13.7. The molecule has 1 unspecified atom stereocenters. The van der Waals surface area contributed by atoms with Gasteiger partial charge in [0.1, 0.15) is 17.5 Å². The van der Waals surface area contributed by atoms with E-state index in [1.807, 2.05) is 0 Å². The fourth-order valence-electron chi connectivity index (χ4n) is 1.37. The molecule has 4 N–H and O–H groups in total. The number of aryl methyl sites for hydroxylation is 1. The monoisotopic (exact) mass is 240 g/mol. The second-order valence-electron chi connectivity index (χ2n) is 4.32. The van der Waals surface area contributed by atoms with Gasteiger partial charge >= 0.3 is 0 Å². The molecule has 1 aromatic heterocycles. The van der Waals surface area contributed by atoms with Crippen molar-refractivity contribution >= 4 is 11.6 Å². The Balaban J connectivity index is 2.54. The van der Waals surface area contributed by atoms with Crippen molar-refractivity contribution in [2.75, 3.05) is 31.3 Å². The van der Waals surface area contributed by atoms with Crippen LogP contribution in [0.15, 0.2) is 6.07 Å². The zero-order valence-corrected chi connectivity index (χ0v) is 10.5. The number of hydrogen-bond donors (Lipinski definition) is 3. The summed E-state index contributed by atoms with van der Waals surface area (Å²) in [5, 5.41) is 13.1. The van der Waals surface area contributed by atoms with Crippen molar-refractivity contribution in [1.29, 1.82) is 0 Å². The summed E-state index contributed by atoms with van der Waals surface area (Å²) in [6.07, 6.45) is 0.552. The molecule has 1 atom stereocenters. The highest BCUT2D eigenvalue weighted by Gasteiger charge is 2.19. The fraction of sp³-hybridized carbons (Fsp3) is 0.636. The Morgan fingerprint density at radius 3 is 2.82 bits per heavy atom. The van der Waals surface area contributed by atoms with Gasteiger partial charge in [-0.25, -0.2) is 9.97 Å². The molecule has 1 heterocycles. The minimum absolute atomic E-state index is 0.381. The molecule has 0 saturated heterocycles. The highest BCUT2D eigenvalue weighted by molar-refractivity contribution is 5.44. The van der Waals surface area contributed by atoms with E-state index in [4.69, 9.17) is 10.5 Å². The van der Waals surface area contributed by atoms with E-state index >= 15 is 0 Å². The summed E-state index contributed by atoms with van der Waals surface area (Å²) in [5.74, 6) is 1.63. The van der Waals surface area contributed by atoms with Crippen LogP contribution in [-0.2, 0) is 4.74 Å². The number of hydrogen-bond acceptors (Lipinski definition) is 6. The molecule has 6 nitrogen and oxygen atoms in total. The van der Waals surface area contributed by atoms with Gasteiger partial charge in [-0.3, -0.25) is 0 Å². The summed E-state index contributed by atoms with van der Waals surface area (Å²) in [7, 11) is 1.61. The van der Waals surface area contributed by atoms with Crippen LogP contribution in [-0.4, -0.2) is 40.9 Å². The molecule has 6 heteroatoms. The molecule has 1 aromatic rings. The zero-order valence-electron chi connectivity index (χ0n) is 10.5. The molecule has 0 spiro atoms. The number of rotatable bonds is 6. The van der Waals surface area contributed by atoms with E-state index in [0.717, 1.165) is 0 Å². The molecule has 1 rings (SSSR count). The Labute approximate surface area is 101 Å². The van der Waals surface area contributed by atoms with Crippen LogP contribution in [0.3, 0.4) is 0 Å². The number of methoxy groups -OCH3 is 1. The Morgan fingerprint density at radius 2 is 2.24 bits per heavy atom. The van der Waals surface area contributed by atoms with Crippen molar-refractivity contribution in [1.82, 2.24) is 9.97 Å². The number of aromatic nitrogens is 2. The molecule has 0 aliphatic carbocycles. The van der Waals surface area contributed by atoms with E-state index in [-0.39, 0.29) is 0 Å². The fourth-order valence-corrected chi connectivity index (χ4v) is 1.37. The van der Waals surface area contributed by atoms with E-state index in [1.54, 1.807) is 27.0 Å². The average molecular weight is 240 g/mol. The smallest absolute Gasteiger partial charge is 0.131 e. The quantitative estimate of drug-likeness (QED) is 0.673. The Bertz CT molecular complexity index is 348. The molecule has 0 bridgehead atoms. The van der Waals surface area contributed by atoms with Crippen molar-refractivity contribution in [3.8, 4) is 0 Å². The van der Waals surface area contributed by atoms with Gasteiger partial charge in [-0.15, -0.1) is 0 Å². The van der Waals surface area contributed by atoms with Gasteiger partial charge in [0.05, 0.1) is 5.60 Å². The van der Waals surface area contributed by atoms with Gasteiger partial charge in [-0.2, -0.15) is 0 Å². The van der Waals surface area contributed by atoms with E-state index in [0.29, 0.717) is 37.0 Å². The molecule has 0 aliphatic rings. The molecule has 96 valence electrons. The number of ether oxygens (including phenoxy) is 1. The minimum Gasteiger partial charge on any atom is -0.388 e. The second-order valence-corrected chi connectivity index (χ2v) is 4.32. The maximum absolute atomic E-state index is 10.0. The Morgan fingerprint density at radius 1 is 1.53 bits per heavy atom. The van der Waals surface area contributed by atoms with Crippen LogP contribution in [0.1, 0.15) is 19.2 Å². The van der Waals surface area contributed by atoms with Gasteiger partial charge < -0.3 is 20.9 Å². The lowest BCUT2D eigenvalue weighted by Crippen LogP contribution is -2.34. The van der Waals surface area contributed by atoms with Gasteiger partial charge in [0, 0.05) is 32.7 Å². The van der Waals surface area contributed by atoms with E-state index in [2.05, 4.69) is 15.3 Å². The molecule has 0 aliphatic heterocycles. The maximum Gasteiger partial charge on any atom is 0.131 e. The topological polar surface area (TPSA) is 93.3 Å². The van der Waals surface area contributed by atoms with Crippen LogP contribution < -0.4 is 11.1 Å². The first-order valence-electron chi connectivity index (χ1n) is 5.49. The molecule has 17 heavy (non-hydrogen) atoms. The molecule has 0 amide bonds. The number of anilines is 2. The molecule has 0 radical (unpaired) electrons. The van der Waals surface area contributed by atoms with Crippen molar-refractivity contribution in [2.45, 2.75) is 25.9 Å². The Kier molecular flexibility index (Phi) is 4.65. The summed E-state index contributed by atoms with van der Waals surface area (Å²) in [6, 6.07) is 1.64. The van der Waals surface area contributed by atoms with Gasteiger partial charge in [0.15, 0.2) is 0 Å². The average Bonchev–Trinajstić information content (AvgIpc) is 2.23. The largest absolute Gasteiger partial charge is 0.388 e. The van der Waals surface area contributed by atoms with Crippen LogP contribution in [0.25, 0.3) is 0 Å². The molecule has 0 fully saturated rings. The van der Waals surface area contributed by atoms with Crippen LogP contribution in [0, 0.1) is 6.92 Å². The summed E-state index contributed by atoms with van der Waals surface area (Å²) >= 11 is 0. The van der Waals surface area contributed by atoms with Crippen LogP contribution >= 0.6 is 0 Å². The minimum atomic E-state index is -0.844. The van der Waals surface area contributed by atoms with Crippen molar-refractivity contribution in [2.24, 2.45) is 0 Å². The summed E-state index contributed by atoms with van der Waals surface area (Å²) in [5.41, 5.74) is 4.76. The van der Waals surface area contributed by atoms with Crippen molar-refractivity contribution < 1.29 is 9.84 Å². The van der Waals surface area contributed by atoms with E-state index in [1.165, 1.54) is 0 Å². The molecule has 0 aromatic carbocycles. The number of nitrogens with zero attached hydrogens (tertiary/aromatic N) is 2. The molecule has 0 saturated carbocycles. The second kappa shape index (κ2) is 5.79. The lowest BCUT2D eigenvalue weighted by molar-refractivity contribution is 0.0357. The normalized spacial score (nSPS) is 14.4. The third-order valence-corrected chi connectivity index (χ3v) is 2.35. The number of nitrogens with two attached hydrogens (primary N) is 1. The maximum atomic E-state index is 10.0. The Hall–Kier alpha value is -1.40. The van der Waals surface area contributed by atoms with Crippen molar-refractivity contribution in [3.63, 3.8) is 0 Å². The standard InChI is InChI=1S/C11H20N4O2/c1-8-14-9(12)6-10(15-8)13-7-11(2,16)4-5-17-3/h6,16H,4-5,7H2,1-3H3,(H3,12,13,14,15). The van der Waals surface area contributed by atoms with Crippen LogP contribution in [0.5, 0.6) is 0 Å². The van der Waals surface area contributed by atoms with Gasteiger partial charge in [0.25, 0.3) is 0 Å². The van der Waals surface area contributed by atoms with Crippen LogP contribution in [0.4, 0.5) is 11.6 Å². The third-order valence-electron chi connectivity index (χ3n) is 2.35. The van der Waals surface area contributed by atoms with E-state index in [9.17, 15) is 5.11 Å². The lowest BCUT2D eigenvalue weighted by atomic mass is 10.0. The SMILES string of the molecule is COCCC(C)(O)CNc1cc(N)nc(C)n1. The molecular weight excluding hydrogens is 220 g/mol. The van der Waals surface area contributed by atoms with Gasteiger partial charge in [-0.1, -0.05) is 0 Å². The van der Waals surface area contributed by atoms with E-state index < -0.39 is 5.60 Å². The van der Waals surface area contributed by atoms with Crippen molar-refractivity contribution in [3.05, 3.63) is 11.9 Å². The lowest BCUT2D eigenvalue weighted by Gasteiger charge is -2.23. The predicted octanol–water partition coefficient (Wildman–Crippen LogP) is 0.567. The number of nitrogen functional groups attached to an aromatic ring is 1.